The molecule has 4 N–H and O–H groups in total. The molecule has 706 valence electrons. The molecule has 0 heterocycles. The van der Waals surface area contributed by atoms with Crippen molar-refractivity contribution in [2.45, 2.75) is 437 Å². The van der Waals surface area contributed by atoms with Crippen LogP contribution in [0.3, 0.4) is 0 Å². The molecule has 16 nitrogen and oxygen atoms in total. The summed E-state index contributed by atoms with van der Waals surface area (Å²) in [4.78, 5) is 59.1. The normalized spacial score (nSPS) is 14.4. The van der Waals surface area contributed by atoms with E-state index in [0.29, 0.717) is 19.3 Å². The van der Waals surface area contributed by atoms with Gasteiger partial charge in [-0.1, -0.05) is 409 Å². The number of allylic oxidation sites excluding steroid dienone is 28. The Balaban J connectivity index is 4.62. The predicted octanol–water partition coefficient (Wildman–Crippen LogP) is 31.0. The first kappa shape index (κ1) is 118. The van der Waals surface area contributed by atoms with Gasteiger partial charge in [0, 0.05) is 19.3 Å². The van der Waals surface area contributed by atoms with E-state index in [-0.39, 0.29) is 19.3 Å². The Hall–Kier alpha value is -5.09. The molecule has 0 aromatic rings. The summed E-state index contributed by atoms with van der Waals surface area (Å²) in [6.07, 6.45) is 125. The van der Waals surface area contributed by atoms with E-state index in [9.17, 15) is 43.5 Å². The van der Waals surface area contributed by atoms with Gasteiger partial charge < -0.3 is 34.2 Å². The van der Waals surface area contributed by atoms with E-state index >= 15 is 0 Å². The summed E-state index contributed by atoms with van der Waals surface area (Å²) in [6.45, 7) is 2.56. The molecule has 0 saturated carbocycles. The van der Waals surface area contributed by atoms with Crippen LogP contribution in [-0.2, 0) is 55.8 Å². The van der Waals surface area contributed by atoms with Crippen molar-refractivity contribution in [1.82, 2.24) is 0 Å². The van der Waals surface area contributed by atoms with Crippen LogP contribution in [0.2, 0.25) is 0 Å². The minimum atomic E-state index is -4.95. The number of phosphoric ester groups is 2. The Labute approximate surface area is 752 Å². The Kier molecular flexibility index (Phi) is 92.0. The van der Waals surface area contributed by atoms with E-state index in [0.717, 1.165) is 167 Å². The fraction of sp³-hybridized carbons (Fsp3) is 0.705. The van der Waals surface area contributed by atoms with Gasteiger partial charge >= 0.3 is 33.6 Å². The number of ether oxygens (including phenoxy) is 3. The number of aliphatic hydroxyl groups excluding tert-OH is 2. The Bertz CT molecular complexity index is 2920. The number of rotatable bonds is 93. The fourth-order valence-electron chi connectivity index (χ4n) is 13.4. The maximum absolute atomic E-state index is 13.1. The van der Waals surface area contributed by atoms with Crippen molar-refractivity contribution < 1.29 is 75.8 Å². The van der Waals surface area contributed by atoms with Gasteiger partial charge in [0.15, 0.2) is 6.10 Å². The van der Waals surface area contributed by atoms with Crippen molar-refractivity contribution >= 4 is 33.6 Å². The first-order valence-electron chi connectivity index (χ1n) is 49.4. The van der Waals surface area contributed by atoms with Crippen LogP contribution < -0.4 is 0 Å². The Morgan fingerprint density at radius 3 is 0.683 bits per heavy atom. The highest BCUT2D eigenvalue weighted by Gasteiger charge is 2.30. The maximum atomic E-state index is 13.1. The van der Waals surface area contributed by atoms with Crippen LogP contribution in [0, 0.1) is 0 Å². The SMILES string of the molecule is CC/C=C\C/C=C\C/C=C\C/C=C\C/C=C\C/C=C\CCCCCCCCCCC(=O)OCC(COP(=O)(O)OCC(O)COP(=O)(O)OCC(O)COC(=O)CCCCCCCCCCCCCCCCCCC/C=C\C/C=C\C/C=C\C/C=C\CCCCC)OC(=O)CCCCCCCCCCCCC/C=C\C/C=C\C/C=C\C/C=C\CCCCC. The van der Waals surface area contributed by atoms with Crippen LogP contribution in [0.25, 0.3) is 0 Å². The minimum Gasteiger partial charge on any atom is -0.463 e. The number of hydrogen-bond donors (Lipinski definition) is 4. The van der Waals surface area contributed by atoms with Gasteiger partial charge in [0.05, 0.1) is 26.4 Å². The number of unbranched alkanes of at least 4 members (excludes halogenated alkanes) is 42. The number of esters is 3. The van der Waals surface area contributed by atoms with Gasteiger partial charge in [0.25, 0.3) is 0 Å². The van der Waals surface area contributed by atoms with Crippen molar-refractivity contribution in [3.8, 4) is 0 Å². The van der Waals surface area contributed by atoms with E-state index in [1.54, 1.807) is 0 Å². The fourth-order valence-corrected chi connectivity index (χ4v) is 15.0. The third-order valence-electron chi connectivity index (χ3n) is 20.9. The second-order valence-electron chi connectivity index (χ2n) is 32.8. The van der Waals surface area contributed by atoms with E-state index in [1.165, 1.54) is 193 Å². The molecule has 0 aliphatic rings. The van der Waals surface area contributed by atoms with Crippen molar-refractivity contribution in [2.75, 3.05) is 39.6 Å². The quantitative estimate of drug-likeness (QED) is 0.0146. The van der Waals surface area contributed by atoms with Crippen molar-refractivity contribution in [2.24, 2.45) is 0 Å². The van der Waals surface area contributed by atoms with Gasteiger partial charge in [0.1, 0.15) is 25.4 Å². The smallest absolute Gasteiger partial charge is 0.463 e. The number of aliphatic hydroxyl groups is 2. The van der Waals surface area contributed by atoms with E-state index in [1.807, 2.05) is 0 Å². The van der Waals surface area contributed by atoms with Crippen molar-refractivity contribution in [3.05, 3.63) is 170 Å². The second-order valence-corrected chi connectivity index (χ2v) is 35.7. The van der Waals surface area contributed by atoms with Crippen molar-refractivity contribution in [1.29, 1.82) is 0 Å². The van der Waals surface area contributed by atoms with E-state index in [2.05, 4.69) is 191 Å². The molecule has 0 aliphatic heterocycles. The second kappa shape index (κ2) is 96.0. The summed E-state index contributed by atoms with van der Waals surface area (Å²) < 4.78 is 61.6. The highest BCUT2D eigenvalue weighted by Crippen LogP contribution is 2.45. The topological polar surface area (TPSA) is 231 Å². The molecule has 5 unspecified atom stereocenters. The highest BCUT2D eigenvalue weighted by atomic mass is 31.2. The van der Waals surface area contributed by atoms with Crippen LogP contribution in [-0.4, -0.2) is 95.9 Å². The van der Waals surface area contributed by atoms with E-state index < -0.39 is 91.5 Å². The van der Waals surface area contributed by atoms with Crippen molar-refractivity contribution in [3.63, 3.8) is 0 Å². The molecule has 0 aromatic carbocycles. The Morgan fingerprint density at radius 1 is 0.236 bits per heavy atom. The number of carbonyl (C=O) groups excluding carboxylic acids is 3. The molecule has 0 amide bonds. The average Bonchev–Trinajstić information content (AvgIpc) is 0.893. The minimum absolute atomic E-state index is 0.0943. The zero-order chi connectivity index (χ0) is 89.3. The lowest BCUT2D eigenvalue weighted by Crippen LogP contribution is -2.30. The zero-order valence-electron chi connectivity index (χ0n) is 78.1. The zero-order valence-corrected chi connectivity index (χ0v) is 79.9. The lowest BCUT2D eigenvalue weighted by atomic mass is 10.0. The van der Waals surface area contributed by atoms with Gasteiger partial charge in [-0.2, -0.15) is 0 Å². The molecule has 0 spiro atoms. The largest absolute Gasteiger partial charge is 0.472 e. The van der Waals surface area contributed by atoms with Crippen LogP contribution in [0.5, 0.6) is 0 Å². The molecule has 18 heteroatoms. The van der Waals surface area contributed by atoms with Crippen LogP contribution in [0.15, 0.2) is 170 Å². The molecule has 0 saturated heterocycles. The molecule has 0 aromatic heterocycles. The summed E-state index contributed by atoms with van der Waals surface area (Å²) in [5.41, 5.74) is 0. The van der Waals surface area contributed by atoms with Crippen LogP contribution >= 0.6 is 15.6 Å². The molecule has 0 rings (SSSR count). The number of carbonyl (C=O) groups is 3. The number of hydrogen-bond acceptors (Lipinski definition) is 14. The average molecular weight is 1760 g/mol. The molecular weight excluding hydrogens is 1580 g/mol. The van der Waals surface area contributed by atoms with Crippen LogP contribution in [0.4, 0.5) is 0 Å². The maximum Gasteiger partial charge on any atom is 0.472 e. The third kappa shape index (κ3) is 97.4. The summed E-state index contributed by atoms with van der Waals surface area (Å²) in [5, 5.41) is 20.8. The standard InChI is InChI=1S/C105H180O16P2/c1-4-7-10-13-16-19-22-25-28-31-34-37-40-43-46-47-48-49-50-51-54-56-58-61-64-67-70-73-76-79-82-85-88-91-103(108)115-94-100(106)95-117-122(111,112)118-96-101(107)97-119-123(113,114)120-99-102(121-105(110)93-90-87-84-81-78-75-72-69-66-63-60-57-53-45-42-39-36-33-30-27-24-21-18-15-12-9-6-3)98-116-104(109)92-89-86-83-80-77-74-71-68-65-62-59-55-52-44-41-38-35-32-29-26-23-20-17-14-11-8-5-2/h8,11,16-21,25-30,34-39,43-46,52-53,59,62,100-102,106-107H,4-7,9-10,12-15,22-24,31-33,40-42,47-51,54-58,60-61,63-99H2,1-3H3,(H,111,112)(H,113,114)/b11-8-,19-16-,20-17-,21-18-,28-25-,29-26-,30-27-,37-34-,38-35-,39-36-,46-43-,52-44-,53-45-,62-59-. The molecule has 0 fully saturated rings. The summed E-state index contributed by atoms with van der Waals surface area (Å²) in [7, 11) is -9.82. The lowest BCUT2D eigenvalue weighted by Gasteiger charge is -2.21. The molecule has 0 bridgehead atoms. The van der Waals surface area contributed by atoms with Gasteiger partial charge in [-0.05, 0) is 161 Å². The molecular formula is C105H180O16P2. The van der Waals surface area contributed by atoms with Crippen LogP contribution in [0.1, 0.15) is 419 Å². The monoisotopic (exact) mass is 1760 g/mol. The lowest BCUT2D eigenvalue weighted by molar-refractivity contribution is -0.161. The van der Waals surface area contributed by atoms with Gasteiger partial charge in [0.2, 0.25) is 0 Å². The third-order valence-corrected chi connectivity index (χ3v) is 22.8. The van der Waals surface area contributed by atoms with Gasteiger partial charge in [-0.3, -0.25) is 32.5 Å². The Morgan fingerprint density at radius 2 is 0.431 bits per heavy atom. The summed E-state index contributed by atoms with van der Waals surface area (Å²) in [5.74, 6) is -1.58. The molecule has 123 heavy (non-hydrogen) atoms. The molecule has 0 radical (unpaired) electrons. The summed E-state index contributed by atoms with van der Waals surface area (Å²) in [6, 6.07) is 0. The van der Waals surface area contributed by atoms with Gasteiger partial charge in [-0.25, -0.2) is 9.13 Å². The molecule has 5 atom stereocenters. The first-order valence-corrected chi connectivity index (χ1v) is 52.4. The molecule has 0 aliphatic carbocycles. The van der Waals surface area contributed by atoms with Gasteiger partial charge in [-0.15, -0.1) is 0 Å². The summed E-state index contributed by atoms with van der Waals surface area (Å²) >= 11 is 0. The number of phosphoric acid groups is 2. The van der Waals surface area contributed by atoms with E-state index in [4.69, 9.17) is 32.3 Å². The first-order chi connectivity index (χ1) is 60.2. The predicted molar refractivity (Wildman–Crippen MR) is 519 cm³/mol. The highest BCUT2D eigenvalue weighted by molar-refractivity contribution is 7.47.